The minimum atomic E-state index is -0.550. The van der Waals surface area contributed by atoms with Crippen molar-refractivity contribution in [1.82, 2.24) is 9.88 Å². The zero-order valence-electron chi connectivity index (χ0n) is 14.2. The fourth-order valence-corrected chi connectivity index (χ4v) is 6.45. The lowest BCUT2D eigenvalue weighted by Gasteiger charge is -2.62. The molecule has 6 rings (SSSR count). The standard InChI is InChI=1S/C19H20N2O4/c1-25-17(24)18-5-11-4-12(6-18)8-19(7-11,10-18)21-15(22)13-2-3-20-9-14(13)16(21)23/h2-3,9,11-12H,4-8,10H2,1H3. The number of rotatable bonds is 2. The summed E-state index contributed by atoms with van der Waals surface area (Å²) in [7, 11) is 1.43. The van der Waals surface area contributed by atoms with Crippen molar-refractivity contribution in [2.24, 2.45) is 17.3 Å². The molecule has 1 aliphatic heterocycles. The second-order valence-electron chi connectivity index (χ2n) is 8.32. The Hall–Kier alpha value is -2.24. The molecule has 5 aliphatic rings. The highest BCUT2D eigenvalue weighted by atomic mass is 16.5. The second kappa shape index (κ2) is 4.68. The molecule has 4 fully saturated rings. The fourth-order valence-electron chi connectivity index (χ4n) is 6.45. The van der Waals surface area contributed by atoms with Crippen molar-refractivity contribution < 1.29 is 19.1 Å². The third-order valence-electron chi connectivity index (χ3n) is 6.81. The molecule has 130 valence electrons. The van der Waals surface area contributed by atoms with E-state index in [9.17, 15) is 14.4 Å². The lowest BCUT2D eigenvalue weighted by molar-refractivity contribution is -0.176. The molecule has 2 amide bonds. The topological polar surface area (TPSA) is 76.6 Å². The van der Waals surface area contributed by atoms with E-state index in [2.05, 4.69) is 4.98 Å². The highest BCUT2D eigenvalue weighted by molar-refractivity contribution is 6.21. The van der Waals surface area contributed by atoms with Crippen LogP contribution in [0.3, 0.4) is 0 Å². The molecule has 0 saturated heterocycles. The predicted octanol–water partition coefficient (Wildman–Crippen LogP) is 2.19. The highest BCUT2D eigenvalue weighted by Gasteiger charge is 2.65. The number of nitrogens with zero attached hydrogens (tertiary/aromatic N) is 2. The highest BCUT2D eigenvalue weighted by Crippen LogP contribution is 2.64. The van der Waals surface area contributed by atoms with Gasteiger partial charge >= 0.3 is 5.97 Å². The number of fused-ring (bicyclic) bond motifs is 1. The van der Waals surface area contributed by atoms with Gasteiger partial charge in [-0.25, -0.2) is 0 Å². The number of hydrogen-bond acceptors (Lipinski definition) is 5. The molecule has 25 heavy (non-hydrogen) atoms. The molecule has 2 unspecified atom stereocenters. The lowest BCUT2D eigenvalue weighted by Crippen LogP contribution is -2.66. The first-order valence-electron chi connectivity index (χ1n) is 8.89. The summed E-state index contributed by atoms with van der Waals surface area (Å²) in [5.74, 6) is 0.0919. The number of aromatic nitrogens is 1. The fraction of sp³-hybridized carbons (Fsp3) is 0.579. The zero-order chi connectivity index (χ0) is 17.4. The lowest BCUT2D eigenvalue weighted by atomic mass is 9.46. The van der Waals surface area contributed by atoms with Crippen LogP contribution in [0.4, 0.5) is 0 Å². The average molecular weight is 340 g/mol. The van der Waals surface area contributed by atoms with Crippen LogP contribution in [0.1, 0.15) is 59.2 Å². The smallest absolute Gasteiger partial charge is 0.311 e. The van der Waals surface area contributed by atoms with E-state index in [-0.39, 0.29) is 17.8 Å². The van der Waals surface area contributed by atoms with Crippen LogP contribution in [0.5, 0.6) is 0 Å². The first-order valence-corrected chi connectivity index (χ1v) is 8.89. The molecule has 6 nitrogen and oxygen atoms in total. The maximum Gasteiger partial charge on any atom is 0.311 e. The molecular weight excluding hydrogens is 320 g/mol. The van der Waals surface area contributed by atoms with E-state index in [4.69, 9.17) is 4.74 Å². The van der Waals surface area contributed by atoms with Crippen molar-refractivity contribution in [3.63, 3.8) is 0 Å². The Morgan fingerprint density at radius 3 is 2.48 bits per heavy atom. The Balaban J connectivity index is 1.60. The number of carbonyl (C=O) groups is 3. The molecule has 1 aromatic rings. The maximum absolute atomic E-state index is 13.0. The zero-order valence-corrected chi connectivity index (χ0v) is 14.2. The predicted molar refractivity (Wildman–Crippen MR) is 86.6 cm³/mol. The van der Waals surface area contributed by atoms with Gasteiger partial charge in [-0.05, 0) is 56.4 Å². The minimum absolute atomic E-state index is 0.177. The molecular formula is C19H20N2O4. The Labute approximate surface area is 145 Å². The van der Waals surface area contributed by atoms with Gasteiger partial charge in [0.1, 0.15) is 0 Å². The quantitative estimate of drug-likeness (QED) is 0.609. The Morgan fingerprint density at radius 1 is 1.16 bits per heavy atom. The van der Waals surface area contributed by atoms with Gasteiger partial charge in [-0.2, -0.15) is 0 Å². The van der Waals surface area contributed by atoms with Crippen molar-refractivity contribution in [1.29, 1.82) is 0 Å². The monoisotopic (exact) mass is 340 g/mol. The van der Waals surface area contributed by atoms with Crippen LogP contribution >= 0.6 is 0 Å². The summed E-state index contributed by atoms with van der Waals surface area (Å²) in [6.45, 7) is 0. The van der Waals surface area contributed by atoms with Crippen LogP contribution < -0.4 is 0 Å². The van der Waals surface area contributed by atoms with Crippen molar-refractivity contribution in [2.45, 2.75) is 44.1 Å². The third kappa shape index (κ3) is 1.80. The van der Waals surface area contributed by atoms with Crippen LogP contribution in [0, 0.1) is 17.3 Å². The van der Waals surface area contributed by atoms with E-state index in [1.165, 1.54) is 18.2 Å². The van der Waals surface area contributed by atoms with E-state index in [0.29, 0.717) is 29.4 Å². The Morgan fingerprint density at radius 2 is 1.84 bits per heavy atom. The molecule has 0 aromatic carbocycles. The number of imide groups is 1. The summed E-state index contributed by atoms with van der Waals surface area (Å²) >= 11 is 0. The summed E-state index contributed by atoms with van der Waals surface area (Å²) < 4.78 is 5.12. The van der Waals surface area contributed by atoms with Crippen LogP contribution in [-0.2, 0) is 9.53 Å². The first kappa shape index (κ1) is 15.0. The number of amides is 2. The summed E-state index contributed by atoms with van der Waals surface area (Å²) in [6.07, 6.45) is 7.91. The molecule has 2 heterocycles. The molecule has 4 saturated carbocycles. The Kier molecular flexibility index (Phi) is 2.82. The number of ether oxygens (including phenoxy) is 1. The molecule has 0 radical (unpaired) electrons. The molecule has 4 bridgehead atoms. The summed E-state index contributed by atoms with van der Waals surface area (Å²) in [5.41, 5.74) is -0.268. The van der Waals surface area contributed by atoms with E-state index in [1.807, 2.05) is 0 Å². The average Bonchev–Trinajstić information content (AvgIpc) is 2.85. The number of pyridine rings is 1. The normalized spacial score (nSPS) is 38.2. The molecule has 0 N–H and O–H groups in total. The van der Waals surface area contributed by atoms with E-state index >= 15 is 0 Å². The number of carbonyl (C=O) groups excluding carboxylic acids is 3. The number of esters is 1. The van der Waals surface area contributed by atoms with E-state index < -0.39 is 11.0 Å². The summed E-state index contributed by atoms with van der Waals surface area (Å²) in [5, 5.41) is 0. The van der Waals surface area contributed by atoms with Crippen molar-refractivity contribution >= 4 is 17.8 Å². The molecule has 1 aromatic heterocycles. The summed E-state index contributed by atoms with van der Waals surface area (Å²) in [4.78, 5) is 44.1. The van der Waals surface area contributed by atoms with Gasteiger partial charge < -0.3 is 4.74 Å². The van der Waals surface area contributed by atoms with Gasteiger partial charge in [-0.1, -0.05) is 0 Å². The molecule has 0 spiro atoms. The van der Waals surface area contributed by atoms with Crippen LogP contribution in [-0.4, -0.2) is 40.3 Å². The van der Waals surface area contributed by atoms with Gasteiger partial charge in [-0.15, -0.1) is 0 Å². The minimum Gasteiger partial charge on any atom is -0.469 e. The first-order chi connectivity index (χ1) is 12.0. The van der Waals surface area contributed by atoms with Gasteiger partial charge in [0.15, 0.2) is 0 Å². The molecule has 6 heteroatoms. The van der Waals surface area contributed by atoms with Crippen molar-refractivity contribution in [3.05, 3.63) is 29.6 Å². The van der Waals surface area contributed by atoms with Gasteiger partial charge in [-0.3, -0.25) is 24.3 Å². The number of methoxy groups -OCH3 is 1. The maximum atomic E-state index is 13.0. The van der Waals surface area contributed by atoms with Crippen molar-refractivity contribution in [3.8, 4) is 0 Å². The van der Waals surface area contributed by atoms with Crippen molar-refractivity contribution in [2.75, 3.05) is 7.11 Å². The van der Waals surface area contributed by atoms with E-state index in [0.717, 1.165) is 32.1 Å². The number of hydrogen-bond donors (Lipinski definition) is 0. The van der Waals surface area contributed by atoms with Crippen LogP contribution in [0.2, 0.25) is 0 Å². The SMILES string of the molecule is COC(=O)C12CC3CC(C1)CC(N1C(=O)c4ccncc4C1=O)(C3)C2. The Bertz CT molecular complexity index is 768. The van der Waals surface area contributed by atoms with Crippen LogP contribution in [0.15, 0.2) is 18.5 Å². The van der Waals surface area contributed by atoms with Gasteiger partial charge in [0.2, 0.25) is 0 Å². The molecule has 2 atom stereocenters. The van der Waals surface area contributed by atoms with Gasteiger partial charge in [0.05, 0.1) is 29.2 Å². The van der Waals surface area contributed by atoms with Crippen LogP contribution in [0.25, 0.3) is 0 Å². The largest absolute Gasteiger partial charge is 0.469 e. The van der Waals surface area contributed by atoms with Gasteiger partial charge in [0.25, 0.3) is 11.8 Å². The molecule has 4 aliphatic carbocycles. The summed E-state index contributed by atoms with van der Waals surface area (Å²) in [6, 6.07) is 1.62. The van der Waals surface area contributed by atoms with E-state index in [1.54, 1.807) is 12.3 Å². The second-order valence-corrected chi connectivity index (χ2v) is 8.32. The third-order valence-corrected chi connectivity index (χ3v) is 6.81. The van der Waals surface area contributed by atoms with Gasteiger partial charge in [0, 0.05) is 12.4 Å².